The maximum absolute atomic E-state index is 11.9. The lowest BCUT2D eigenvalue weighted by Crippen LogP contribution is -2.05. The molecule has 1 heterocycles. The van der Waals surface area contributed by atoms with Gasteiger partial charge in [0.05, 0.1) is 10.6 Å². The van der Waals surface area contributed by atoms with Gasteiger partial charge < -0.3 is 4.74 Å². The summed E-state index contributed by atoms with van der Waals surface area (Å²) >= 11 is 6.09. The predicted molar refractivity (Wildman–Crippen MR) is 83.2 cm³/mol. The number of aryl methyl sites for hydroxylation is 1. The Morgan fingerprint density at radius 3 is 2.52 bits per heavy atom. The van der Waals surface area contributed by atoms with Crippen molar-refractivity contribution in [3.8, 4) is 0 Å². The predicted octanol–water partition coefficient (Wildman–Crippen LogP) is 3.99. The Kier molecular flexibility index (Phi) is 3.59. The quantitative estimate of drug-likeness (QED) is 0.621. The molecule has 1 aliphatic heterocycles. The SMILES string of the molecule is Cc1ccc(/C=C2\N=C(c3ccccc3Cl)OC2=O)cc1. The lowest BCUT2D eigenvalue weighted by Gasteiger charge is -2.00. The van der Waals surface area contributed by atoms with Gasteiger partial charge in [0.15, 0.2) is 5.70 Å². The van der Waals surface area contributed by atoms with Crippen LogP contribution in [0.3, 0.4) is 0 Å². The normalized spacial score (nSPS) is 16.0. The van der Waals surface area contributed by atoms with E-state index in [4.69, 9.17) is 16.3 Å². The minimum Gasteiger partial charge on any atom is -0.402 e. The van der Waals surface area contributed by atoms with E-state index < -0.39 is 5.97 Å². The highest BCUT2D eigenvalue weighted by atomic mass is 35.5. The molecule has 0 radical (unpaired) electrons. The lowest BCUT2D eigenvalue weighted by molar-refractivity contribution is -0.129. The number of hydrogen-bond acceptors (Lipinski definition) is 3. The van der Waals surface area contributed by atoms with Crippen molar-refractivity contribution in [2.75, 3.05) is 0 Å². The molecule has 3 nitrogen and oxygen atoms in total. The summed E-state index contributed by atoms with van der Waals surface area (Å²) in [5.74, 6) is -0.227. The van der Waals surface area contributed by atoms with Crippen LogP contribution in [0, 0.1) is 6.92 Å². The molecule has 0 unspecified atom stereocenters. The topological polar surface area (TPSA) is 38.7 Å². The minimum absolute atomic E-state index is 0.240. The zero-order chi connectivity index (χ0) is 14.8. The van der Waals surface area contributed by atoms with Crippen LogP contribution < -0.4 is 0 Å². The summed E-state index contributed by atoms with van der Waals surface area (Å²) in [6, 6.07) is 14.9. The number of benzene rings is 2. The summed E-state index contributed by atoms with van der Waals surface area (Å²) in [6.45, 7) is 2.01. The number of aliphatic imine (C=N–C) groups is 1. The first kappa shape index (κ1) is 13.6. The first-order chi connectivity index (χ1) is 10.1. The van der Waals surface area contributed by atoms with Crippen LogP contribution in [0.5, 0.6) is 0 Å². The molecule has 0 saturated carbocycles. The van der Waals surface area contributed by atoms with Gasteiger partial charge >= 0.3 is 5.97 Å². The number of rotatable bonds is 2. The average molecular weight is 298 g/mol. The van der Waals surface area contributed by atoms with Crippen molar-refractivity contribution >= 4 is 29.5 Å². The molecule has 4 heteroatoms. The Bertz CT molecular complexity index is 761. The monoisotopic (exact) mass is 297 g/mol. The summed E-state index contributed by atoms with van der Waals surface area (Å²) in [5.41, 5.74) is 2.94. The van der Waals surface area contributed by atoms with Crippen LogP contribution in [-0.4, -0.2) is 11.9 Å². The number of hydrogen-bond donors (Lipinski definition) is 0. The van der Waals surface area contributed by atoms with E-state index in [1.54, 1.807) is 18.2 Å². The van der Waals surface area contributed by atoms with Crippen molar-refractivity contribution in [3.05, 3.63) is 75.9 Å². The van der Waals surface area contributed by atoms with Crippen molar-refractivity contribution in [1.82, 2.24) is 0 Å². The fourth-order valence-corrected chi connectivity index (χ4v) is 2.20. The van der Waals surface area contributed by atoms with E-state index in [0.717, 1.165) is 11.1 Å². The van der Waals surface area contributed by atoms with E-state index in [2.05, 4.69) is 4.99 Å². The van der Waals surface area contributed by atoms with E-state index in [9.17, 15) is 4.79 Å². The molecule has 0 amide bonds. The molecule has 0 saturated heterocycles. The third-order valence-electron chi connectivity index (χ3n) is 3.11. The third kappa shape index (κ3) is 2.88. The van der Waals surface area contributed by atoms with Crippen LogP contribution in [-0.2, 0) is 9.53 Å². The fourth-order valence-electron chi connectivity index (χ4n) is 1.98. The number of nitrogens with zero attached hydrogens (tertiary/aromatic N) is 1. The number of ether oxygens (including phenoxy) is 1. The molecule has 2 aromatic carbocycles. The summed E-state index contributed by atoms with van der Waals surface area (Å²) in [4.78, 5) is 16.1. The van der Waals surface area contributed by atoms with E-state index in [0.29, 0.717) is 10.6 Å². The molecule has 1 aliphatic rings. The highest BCUT2D eigenvalue weighted by Gasteiger charge is 2.25. The highest BCUT2D eigenvalue weighted by molar-refractivity contribution is 6.34. The van der Waals surface area contributed by atoms with Gasteiger partial charge in [-0.15, -0.1) is 0 Å². The number of carbonyl (C=O) groups is 1. The molecule has 0 aliphatic carbocycles. The second kappa shape index (κ2) is 5.54. The summed E-state index contributed by atoms with van der Waals surface area (Å²) < 4.78 is 5.20. The van der Waals surface area contributed by atoms with Gasteiger partial charge in [-0.2, -0.15) is 0 Å². The maximum atomic E-state index is 11.9. The van der Waals surface area contributed by atoms with E-state index in [-0.39, 0.29) is 11.6 Å². The molecule has 2 aromatic rings. The van der Waals surface area contributed by atoms with Gasteiger partial charge in [-0.1, -0.05) is 53.6 Å². The van der Waals surface area contributed by atoms with E-state index >= 15 is 0 Å². The molecule has 0 N–H and O–H groups in total. The van der Waals surface area contributed by atoms with Crippen LogP contribution in [0.2, 0.25) is 5.02 Å². The second-order valence-electron chi connectivity index (χ2n) is 4.73. The van der Waals surface area contributed by atoms with Gasteiger partial charge in [-0.3, -0.25) is 0 Å². The van der Waals surface area contributed by atoms with Crippen molar-refractivity contribution in [2.45, 2.75) is 6.92 Å². The Morgan fingerprint density at radius 1 is 1.10 bits per heavy atom. The van der Waals surface area contributed by atoms with E-state index in [1.807, 2.05) is 43.3 Å². The second-order valence-corrected chi connectivity index (χ2v) is 5.13. The molecule has 0 spiro atoms. The lowest BCUT2D eigenvalue weighted by atomic mass is 10.1. The summed E-state index contributed by atoms with van der Waals surface area (Å²) in [6.07, 6.45) is 1.70. The van der Waals surface area contributed by atoms with Gasteiger partial charge in [-0.25, -0.2) is 9.79 Å². The molecule has 0 bridgehead atoms. The molecular formula is C17H12ClNO2. The smallest absolute Gasteiger partial charge is 0.363 e. The average Bonchev–Trinajstić information content (AvgIpc) is 2.83. The highest BCUT2D eigenvalue weighted by Crippen LogP contribution is 2.23. The van der Waals surface area contributed by atoms with Gasteiger partial charge in [0.25, 0.3) is 0 Å². The number of halogens is 1. The van der Waals surface area contributed by atoms with E-state index in [1.165, 1.54) is 0 Å². The molecule has 0 aromatic heterocycles. The molecule has 0 atom stereocenters. The van der Waals surface area contributed by atoms with Gasteiger partial charge in [-0.05, 0) is 30.7 Å². The number of carbonyl (C=O) groups excluding carboxylic acids is 1. The molecule has 21 heavy (non-hydrogen) atoms. The summed E-state index contributed by atoms with van der Waals surface area (Å²) in [7, 11) is 0. The maximum Gasteiger partial charge on any atom is 0.363 e. The van der Waals surface area contributed by atoms with Crippen molar-refractivity contribution in [1.29, 1.82) is 0 Å². The Morgan fingerprint density at radius 2 is 1.81 bits per heavy atom. The largest absolute Gasteiger partial charge is 0.402 e. The van der Waals surface area contributed by atoms with Crippen LogP contribution in [0.25, 0.3) is 6.08 Å². The molecule has 3 rings (SSSR count). The van der Waals surface area contributed by atoms with Crippen LogP contribution in [0.15, 0.2) is 59.2 Å². The van der Waals surface area contributed by atoms with Gasteiger partial charge in [0, 0.05) is 0 Å². The Balaban J connectivity index is 1.96. The van der Waals surface area contributed by atoms with Crippen molar-refractivity contribution in [2.24, 2.45) is 4.99 Å². The summed E-state index contributed by atoms with van der Waals surface area (Å²) in [5, 5.41) is 0.501. The fraction of sp³-hybridized carbons (Fsp3) is 0.0588. The minimum atomic E-state index is -0.467. The first-order valence-corrected chi connectivity index (χ1v) is 6.85. The first-order valence-electron chi connectivity index (χ1n) is 6.47. The van der Waals surface area contributed by atoms with Gasteiger partial charge in [0.1, 0.15) is 0 Å². The van der Waals surface area contributed by atoms with Crippen LogP contribution >= 0.6 is 11.6 Å². The zero-order valence-electron chi connectivity index (χ0n) is 11.3. The van der Waals surface area contributed by atoms with Crippen molar-refractivity contribution < 1.29 is 9.53 Å². The number of esters is 1. The third-order valence-corrected chi connectivity index (χ3v) is 3.44. The molecular weight excluding hydrogens is 286 g/mol. The van der Waals surface area contributed by atoms with Crippen LogP contribution in [0.1, 0.15) is 16.7 Å². The van der Waals surface area contributed by atoms with Crippen molar-refractivity contribution in [3.63, 3.8) is 0 Å². The Labute approximate surface area is 127 Å². The zero-order valence-corrected chi connectivity index (χ0v) is 12.1. The Hall–Kier alpha value is -2.39. The van der Waals surface area contributed by atoms with Crippen LogP contribution in [0.4, 0.5) is 0 Å². The number of cyclic esters (lactones) is 1. The molecule has 0 fully saturated rings. The van der Waals surface area contributed by atoms with Gasteiger partial charge in [0.2, 0.25) is 5.90 Å². The standard InChI is InChI=1S/C17H12ClNO2/c1-11-6-8-12(9-7-11)10-15-17(20)21-16(19-15)13-4-2-3-5-14(13)18/h2-10H,1H3/b15-10-. The molecule has 104 valence electrons.